The molecule has 1 amide bonds. The van der Waals surface area contributed by atoms with E-state index < -0.39 is 0 Å². The van der Waals surface area contributed by atoms with Crippen LogP contribution in [0.4, 0.5) is 0 Å². The van der Waals surface area contributed by atoms with Gasteiger partial charge in [-0.3, -0.25) is 4.79 Å². The summed E-state index contributed by atoms with van der Waals surface area (Å²) in [7, 11) is 0. The Bertz CT molecular complexity index is 229. The summed E-state index contributed by atoms with van der Waals surface area (Å²) in [5.41, 5.74) is 1.41. The molecule has 1 rings (SSSR count). The van der Waals surface area contributed by atoms with E-state index in [-0.39, 0.29) is 11.3 Å². The number of allylic oxidation sites excluding steroid dienone is 1. The summed E-state index contributed by atoms with van der Waals surface area (Å²) >= 11 is 0. The van der Waals surface area contributed by atoms with Crippen molar-refractivity contribution in [2.24, 2.45) is 11.3 Å². The highest BCUT2D eigenvalue weighted by molar-refractivity contribution is 5.76. The molecule has 0 atom stereocenters. The third kappa shape index (κ3) is 3.95. The topological polar surface area (TPSA) is 29.1 Å². The second kappa shape index (κ2) is 4.16. The first-order valence-corrected chi connectivity index (χ1v) is 5.30. The van der Waals surface area contributed by atoms with Crippen molar-refractivity contribution in [1.82, 2.24) is 5.32 Å². The van der Waals surface area contributed by atoms with Crippen molar-refractivity contribution in [1.29, 1.82) is 0 Å². The first kappa shape index (κ1) is 11.3. The average Bonchev–Trinajstić information content (AvgIpc) is 1.92. The van der Waals surface area contributed by atoms with Crippen molar-refractivity contribution in [2.45, 2.75) is 40.0 Å². The molecule has 2 nitrogen and oxygen atoms in total. The van der Waals surface area contributed by atoms with E-state index in [2.05, 4.69) is 32.7 Å². The van der Waals surface area contributed by atoms with Gasteiger partial charge >= 0.3 is 0 Å². The van der Waals surface area contributed by atoms with Gasteiger partial charge in [-0.15, -0.1) is 0 Å². The van der Waals surface area contributed by atoms with Crippen LogP contribution < -0.4 is 5.32 Å². The third-order valence-electron chi connectivity index (χ3n) is 2.43. The number of amides is 1. The lowest BCUT2D eigenvalue weighted by molar-refractivity contribution is -0.123. The fourth-order valence-corrected chi connectivity index (χ4v) is 1.70. The Labute approximate surface area is 86.8 Å². The highest BCUT2D eigenvalue weighted by Gasteiger charge is 2.22. The molecule has 1 N–H and O–H groups in total. The van der Waals surface area contributed by atoms with Gasteiger partial charge in [-0.05, 0) is 24.2 Å². The Morgan fingerprint density at radius 2 is 2.07 bits per heavy atom. The number of hydrogen-bond acceptors (Lipinski definition) is 1. The van der Waals surface area contributed by atoms with Crippen LogP contribution in [0.1, 0.15) is 40.0 Å². The Morgan fingerprint density at radius 1 is 1.50 bits per heavy atom. The Balaban J connectivity index is 2.13. The minimum Gasteiger partial charge on any atom is -0.356 e. The lowest BCUT2D eigenvalue weighted by atomic mass is 9.81. The number of nitrogens with one attached hydrogen (secondary N) is 1. The quantitative estimate of drug-likeness (QED) is 0.689. The lowest BCUT2D eigenvalue weighted by Gasteiger charge is -2.28. The molecular weight excluding hydrogens is 174 g/mol. The van der Waals surface area contributed by atoms with Gasteiger partial charge in [-0.2, -0.15) is 0 Å². The highest BCUT2D eigenvalue weighted by Crippen LogP contribution is 2.30. The number of carbonyl (C=O) groups is 1. The van der Waals surface area contributed by atoms with Crippen LogP contribution in [0.25, 0.3) is 0 Å². The summed E-state index contributed by atoms with van der Waals surface area (Å²) in [6, 6.07) is 0. The molecule has 1 aliphatic carbocycles. The smallest absolute Gasteiger partial charge is 0.220 e. The highest BCUT2D eigenvalue weighted by atomic mass is 16.1. The van der Waals surface area contributed by atoms with Crippen LogP contribution in [0.3, 0.4) is 0 Å². The van der Waals surface area contributed by atoms with Crippen LogP contribution in [0, 0.1) is 11.3 Å². The number of hydrogen-bond donors (Lipinski definition) is 1. The van der Waals surface area contributed by atoms with Gasteiger partial charge in [0.05, 0.1) is 0 Å². The van der Waals surface area contributed by atoms with E-state index in [1.54, 1.807) is 0 Å². The zero-order valence-corrected chi connectivity index (χ0v) is 9.52. The molecule has 2 heteroatoms. The van der Waals surface area contributed by atoms with Crippen molar-refractivity contribution >= 4 is 5.91 Å². The molecule has 0 radical (unpaired) electrons. The fraction of sp³-hybridized carbons (Fsp3) is 0.750. The molecule has 0 aromatic rings. The van der Waals surface area contributed by atoms with E-state index >= 15 is 0 Å². The van der Waals surface area contributed by atoms with Crippen molar-refractivity contribution < 1.29 is 4.79 Å². The largest absolute Gasteiger partial charge is 0.356 e. The van der Waals surface area contributed by atoms with Gasteiger partial charge in [-0.1, -0.05) is 32.9 Å². The van der Waals surface area contributed by atoms with Crippen LogP contribution in [-0.2, 0) is 4.79 Å². The van der Waals surface area contributed by atoms with Crippen LogP contribution in [-0.4, -0.2) is 12.5 Å². The van der Waals surface area contributed by atoms with Crippen molar-refractivity contribution in [3.05, 3.63) is 12.2 Å². The van der Waals surface area contributed by atoms with Gasteiger partial charge in [0.15, 0.2) is 0 Å². The molecule has 80 valence electrons. The predicted molar refractivity (Wildman–Crippen MR) is 58.9 cm³/mol. The molecule has 0 unspecified atom stereocenters. The molecule has 0 aromatic carbocycles. The molecule has 0 heterocycles. The van der Waals surface area contributed by atoms with Gasteiger partial charge in [0.25, 0.3) is 0 Å². The zero-order valence-electron chi connectivity index (χ0n) is 9.52. The first-order chi connectivity index (χ1) is 6.37. The van der Waals surface area contributed by atoms with Crippen molar-refractivity contribution in [3.63, 3.8) is 0 Å². The summed E-state index contributed by atoms with van der Waals surface area (Å²) in [5, 5.41) is 2.98. The number of rotatable bonds is 3. The molecule has 14 heavy (non-hydrogen) atoms. The van der Waals surface area contributed by atoms with E-state index in [4.69, 9.17) is 0 Å². The summed E-state index contributed by atoms with van der Waals surface area (Å²) in [6.07, 6.45) is 2.80. The third-order valence-corrected chi connectivity index (χ3v) is 2.43. The summed E-state index contributed by atoms with van der Waals surface area (Å²) in [4.78, 5) is 11.5. The Hall–Kier alpha value is -0.790. The summed E-state index contributed by atoms with van der Waals surface area (Å²) in [5.74, 6) is 0.821. The Kier molecular flexibility index (Phi) is 3.35. The van der Waals surface area contributed by atoms with E-state index in [9.17, 15) is 4.79 Å². The van der Waals surface area contributed by atoms with Crippen LogP contribution in [0.15, 0.2) is 12.2 Å². The standard InChI is InChI=1S/C12H21NO/c1-9-5-10(6-9)8-13-11(14)7-12(2,3)4/h10H,1,5-8H2,2-4H3,(H,13,14). The van der Waals surface area contributed by atoms with E-state index in [1.165, 1.54) is 5.57 Å². The fourth-order valence-electron chi connectivity index (χ4n) is 1.70. The Morgan fingerprint density at radius 3 is 2.50 bits per heavy atom. The molecule has 1 fully saturated rings. The molecule has 0 aromatic heterocycles. The van der Waals surface area contributed by atoms with Crippen LogP contribution in [0.5, 0.6) is 0 Å². The minimum absolute atomic E-state index is 0.0906. The predicted octanol–water partition coefficient (Wildman–Crippen LogP) is 2.51. The van der Waals surface area contributed by atoms with Crippen molar-refractivity contribution in [3.8, 4) is 0 Å². The van der Waals surface area contributed by atoms with E-state index in [0.29, 0.717) is 12.3 Å². The maximum absolute atomic E-state index is 11.5. The summed E-state index contributed by atoms with van der Waals surface area (Å²) < 4.78 is 0. The maximum Gasteiger partial charge on any atom is 0.220 e. The molecule has 1 aliphatic rings. The van der Waals surface area contributed by atoms with Crippen molar-refractivity contribution in [2.75, 3.05) is 6.54 Å². The molecule has 0 spiro atoms. The van der Waals surface area contributed by atoms with Gasteiger partial charge in [0.2, 0.25) is 5.91 Å². The molecular formula is C12H21NO. The molecule has 0 saturated heterocycles. The van der Waals surface area contributed by atoms with Crippen LogP contribution in [0.2, 0.25) is 0 Å². The van der Waals surface area contributed by atoms with Gasteiger partial charge in [0.1, 0.15) is 0 Å². The second-order valence-corrected chi connectivity index (χ2v) is 5.57. The zero-order chi connectivity index (χ0) is 10.8. The molecule has 1 saturated carbocycles. The normalized spacial score (nSPS) is 17.8. The maximum atomic E-state index is 11.5. The van der Waals surface area contributed by atoms with Gasteiger partial charge in [0, 0.05) is 13.0 Å². The second-order valence-electron chi connectivity index (χ2n) is 5.57. The molecule has 0 bridgehead atoms. The monoisotopic (exact) mass is 195 g/mol. The van der Waals surface area contributed by atoms with Crippen LogP contribution >= 0.6 is 0 Å². The van der Waals surface area contributed by atoms with Gasteiger partial charge in [-0.25, -0.2) is 0 Å². The molecule has 0 aliphatic heterocycles. The number of carbonyl (C=O) groups excluding carboxylic acids is 1. The minimum atomic E-state index is 0.0906. The first-order valence-electron chi connectivity index (χ1n) is 5.30. The van der Waals surface area contributed by atoms with E-state index in [0.717, 1.165) is 19.4 Å². The van der Waals surface area contributed by atoms with E-state index in [1.807, 2.05) is 0 Å². The SMILES string of the molecule is C=C1CC(CNC(=O)CC(C)(C)C)C1. The average molecular weight is 195 g/mol. The van der Waals surface area contributed by atoms with Gasteiger partial charge < -0.3 is 5.32 Å². The lowest BCUT2D eigenvalue weighted by Crippen LogP contribution is -2.34. The summed E-state index contributed by atoms with van der Waals surface area (Å²) in [6.45, 7) is 11.0.